The van der Waals surface area contributed by atoms with Gasteiger partial charge in [-0.1, -0.05) is 30.3 Å². The quantitative estimate of drug-likeness (QED) is 0.224. The van der Waals surface area contributed by atoms with E-state index in [1.807, 2.05) is 0 Å². The molecule has 0 radical (unpaired) electrons. The lowest BCUT2D eigenvalue weighted by molar-refractivity contribution is -0.687. The van der Waals surface area contributed by atoms with E-state index in [1.165, 1.54) is 42.5 Å². The number of pyridine rings is 1. The molecule has 5 rings (SSSR count). The van der Waals surface area contributed by atoms with Gasteiger partial charge in [0.2, 0.25) is 0 Å². The van der Waals surface area contributed by atoms with Crippen molar-refractivity contribution in [3.8, 4) is 22.5 Å². The van der Waals surface area contributed by atoms with Crippen LogP contribution < -0.4 is 4.57 Å². The summed E-state index contributed by atoms with van der Waals surface area (Å²) in [5.41, 5.74) is 0.439. The molecule has 3 nitrogen and oxygen atoms in total. The second-order valence-corrected chi connectivity index (χ2v) is 7.95. The van der Waals surface area contributed by atoms with Gasteiger partial charge in [0.05, 0.1) is 16.7 Å². The highest BCUT2D eigenvalue weighted by molar-refractivity contribution is 5.77. The minimum Gasteiger partial charge on any atom is -0.333 e. The first-order valence-corrected chi connectivity index (χ1v) is 10.5. The Morgan fingerprint density at radius 1 is 0.829 bits per heavy atom. The lowest BCUT2D eigenvalue weighted by Gasteiger charge is -2.13. The molecule has 0 aliphatic carbocycles. The number of H-pyrrole nitrogens is 1. The van der Waals surface area contributed by atoms with Crippen LogP contribution in [0.15, 0.2) is 79.1 Å². The van der Waals surface area contributed by atoms with Crippen molar-refractivity contribution in [2.24, 2.45) is 0 Å². The molecule has 2 aromatic heterocycles. The molecule has 0 bridgehead atoms. The average molecular weight is 484 g/mol. The van der Waals surface area contributed by atoms with Gasteiger partial charge in [-0.3, -0.25) is 0 Å². The Labute approximate surface area is 195 Å². The zero-order chi connectivity index (χ0) is 24.7. The number of benzene rings is 3. The average Bonchev–Trinajstić information content (AvgIpc) is 3.25. The van der Waals surface area contributed by atoms with Crippen LogP contribution in [0.4, 0.5) is 26.3 Å². The van der Waals surface area contributed by atoms with Gasteiger partial charge in [0, 0.05) is 6.07 Å². The number of fused-ring (bicyclic) bond motifs is 1. The Bertz CT molecular complexity index is 1560. The number of imidazole rings is 1. The molecule has 0 spiro atoms. The fraction of sp³-hybridized carbons (Fsp3) is 0.0769. The summed E-state index contributed by atoms with van der Waals surface area (Å²) < 4.78 is 84.2. The minimum absolute atomic E-state index is 0.0199. The van der Waals surface area contributed by atoms with Crippen LogP contribution in [0.3, 0.4) is 0 Å². The topological polar surface area (TPSA) is 32.6 Å². The van der Waals surface area contributed by atoms with Gasteiger partial charge < -0.3 is 4.98 Å². The van der Waals surface area contributed by atoms with Gasteiger partial charge in [-0.15, -0.1) is 0 Å². The highest BCUT2D eigenvalue weighted by atomic mass is 19.4. The van der Waals surface area contributed by atoms with Crippen molar-refractivity contribution in [1.82, 2.24) is 9.97 Å². The maximum Gasteiger partial charge on any atom is 0.417 e. The van der Waals surface area contributed by atoms with E-state index >= 15 is 0 Å². The second kappa shape index (κ2) is 8.57. The van der Waals surface area contributed by atoms with Crippen LogP contribution >= 0.6 is 0 Å². The van der Waals surface area contributed by atoms with Gasteiger partial charge in [0.25, 0.3) is 0 Å². The molecule has 0 atom stereocenters. The van der Waals surface area contributed by atoms with E-state index in [9.17, 15) is 26.3 Å². The van der Waals surface area contributed by atoms with Crippen LogP contribution in [0.5, 0.6) is 0 Å². The number of aromatic nitrogens is 3. The SMILES string of the molecule is Fc1cc(-c2ccccc2C(F)(F)F)ccc1C[n+]1ccc2nc(-c3cccc(F)c3F)[nH]c2c1. The van der Waals surface area contributed by atoms with E-state index in [0.717, 1.165) is 18.2 Å². The van der Waals surface area contributed by atoms with Crippen molar-refractivity contribution in [3.63, 3.8) is 0 Å². The second-order valence-electron chi connectivity index (χ2n) is 7.95. The molecule has 0 saturated carbocycles. The summed E-state index contributed by atoms with van der Waals surface area (Å²) in [6.45, 7) is 0.0889. The minimum atomic E-state index is -4.56. The third kappa shape index (κ3) is 4.37. The summed E-state index contributed by atoms with van der Waals surface area (Å²) in [5.74, 6) is -2.52. The first-order valence-electron chi connectivity index (χ1n) is 10.5. The Balaban J connectivity index is 1.44. The molecule has 5 aromatic rings. The van der Waals surface area contributed by atoms with Crippen molar-refractivity contribution in [2.45, 2.75) is 12.7 Å². The Morgan fingerprint density at radius 2 is 1.60 bits per heavy atom. The molecule has 9 heteroatoms. The van der Waals surface area contributed by atoms with E-state index < -0.39 is 29.2 Å². The fourth-order valence-corrected chi connectivity index (χ4v) is 3.94. The molecule has 0 fully saturated rings. The molecule has 0 amide bonds. The molecular weight excluding hydrogens is 468 g/mol. The molecule has 0 saturated heterocycles. The maximum atomic E-state index is 14.9. The summed E-state index contributed by atoms with van der Waals surface area (Å²) in [7, 11) is 0. The Morgan fingerprint density at radius 3 is 2.37 bits per heavy atom. The molecule has 0 unspecified atom stereocenters. The fourth-order valence-electron chi connectivity index (χ4n) is 3.94. The number of aromatic amines is 1. The van der Waals surface area contributed by atoms with Crippen LogP contribution in [-0.2, 0) is 12.7 Å². The zero-order valence-corrected chi connectivity index (χ0v) is 17.9. The van der Waals surface area contributed by atoms with Crippen LogP contribution in [0, 0.1) is 17.5 Å². The number of hydrogen-bond donors (Lipinski definition) is 1. The highest BCUT2D eigenvalue weighted by Gasteiger charge is 2.33. The largest absolute Gasteiger partial charge is 0.417 e. The van der Waals surface area contributed by atoms with E-state index in [1.54, 1.807) is 23.0 Å². The number of nitrogens with zero attached hydrogens (tertiary/aromatic N) is 2. The van der Waals surface area contributed by atoms with Gasteiger partial charge >= 0.3 is 6.18 Å². The zero-order valence-electron chi connectivity index (χ0n) is 17.9. The summed E-state index contributed by atoms with van der Waals surface area (Å²) in [5, 5.41) is 0. The molecular formula is C26H16F6N3+. The third-order valence-electron chi connectivity index (χ3n) is 5.64. The number of hydrogen-bond acceptors (Lipinski definition) is 1. The Kier molecular flexibility index (Phi) is 5.55. The van der Waals surface area contributed by atoms with E-state index in [4.69, 9.17) is 0 Å². The van der Waals surface area contributed by atoms with Gasteiger partial charge in [-0.05, 0) is 41.5 Å². The molecule has 3 aromatic carbocycles. The van der Waals surface area contributed by atoms with Gasteiger partial charge in [0.1, 0.15) is 22.7 Å². The normalized spacial score (nSPS) is 11.8. The van der Waals surface area contributed by atoms with Crippen molar-refractivity contribution < 1.29 is 30.9 Å². The molecule has 35 heavy (non-hydrogen) atoms. The Hall–Kier alpha value is -4.14. The van der Waals surface area contributed by atoms with Gasteiger partial charge in [0.15, 0.2) is 30.6 Å². The molecule has 176 valence electrons. The predicted molar refractivity (Wildman–Crippen MR) is 118 cm³/mol. The van der Waals surface area contributed by atoms with Gasteiger partial charge in [-0.2, -0.15) is 17.7 Å². The van der Waals surface area contributed by atoms with Crippen LogP contribution in [-0.4, -0.2) is 9.97 Å². The predicted octanol–water partition coefficient (Wildman–Crippen LogP) is 6.67. The number of halogens is 6. The maximum absolute atomic E-state index is 14.9. The molecule has 0 aliphatic rings. The van der Waals surface area contributed by atoms with Crippen molar-refractivity contribution in [1.29, 1.82) is 0 Å². The lowest BCUT2D eigenvalue weighted by atomic mass is 9.98. The number of rotatable bonds is 4. The number of alkyl halides is 3. The molecule has 1 N–H and O–H groups in total. The monoisotopic (exact) mass is 484 g/mol. The van der Waals surface area contributed by atoms with E-state index in [0.29, 0.717) is 11.0 Å². The molecule has 2 heterocycles. The summed E-state index contributed by atoms with van der Waals surface area (Å²) in [6, 6.07) is 14.4. The standard InChI is InChI=1S/C26H15F6N3/c27-20-7-3-5-18(24(20)29)25-33-22-10-11-35(14-23(22)34-25)13-16-9-8-15(12-21(16)28)17-4-1-2-6-19(17)26(30,31)32/h1-12,14H,13H2/p+1. The van der Waals surface area contributed by atoms with E-state index in [2.05, 4.69) is 9.97 Å². The van der Waals surface area contributed by atoms with Crippen molar-refractivity contribution in [2.75, 3.05) is 0 Å². The van der Waals surface area contributed by atoms with Crippen LogP contribution in [0.1, 0.15) is 11.1 Å². The van der Waals surface area contributed by atoms with Crippen molar-refractivity contribution in [3.05, 3.63) is 108 Å². The highest BCUT2D eigenvalue weighted by Crippen LogP contribution is 2.37. The van der Waals surface area contributed by atoms with E-state index in [-0.39, 0.29) is 34.6 Å². The first kappa shape index (κ1) is 22.6. The number of nitrogens with one attached hydrogen (secondary N) is 1. The molecule has 0 aliphatic heterocycles. The smallest absolute Gasteiger partial charge is 0.333 e. The summed E-state index contributed by atoms with van der Waals surface area (Å²) >= 11 is 0. The summed E-state index contributed by atoms with van der Waals surface area (Å²) in [6.07, 6.45) is -1.29. The summed E-state index contributed by atoms with van der Waals surface area (Å²) in [4.78, 5) is 7.22. The first-order chi connectivity index (χ1) is 16.7. The third-order valence-corrected chi connectivity index (χ3v) is 5.64. The van der Waals surface area contributed by atoms with Gasteiger partial charge in [-0.25, -0.2) is 18.2 Å². The van der Waals surface area contributed by atoms with Crippen LogP contribution in [0.2, 0.25) is 0 Å². The van der Waals surface area contributed by atoms with Crippen molar-refractivity contribution >= 4 is 11.0 Å². The lowest BCUT2D eigenvalue weighted by Crippen LogP contribution is -2.33. The van der Waals surface area contributed by atoms with Crippen LogP contribution in [0.25, 0.3) is 33.5 Å².